The van der Waals surface area contributed by atoms with Crippen LogP contribution >= 0.6 is 0 Å². The molecule has 28 heavy (non-hydrogen) atoms. The van der Waals surface area contributed by atoms with Gasteiger partial charge in [0.2, 0.25) is 0 Å². The summed E-state index contributed by atoms with van der Waals surface area (Å²) < 4.78 is 24.6. The van der Waals surface area contributed by atoms with Crippen molar-refractivity contribution in [3.8, 4) is 0 Å². The Kier molecular flexibility index (Phi) is 5.21. The van der Waals surface area contributed by atoms with Crippen LogP contribution in [-0.2, 0) is 11.3 Å². The minimum absolute atomic E-state index is 0.0342. The van der Waals surface area contributed by atoms with Gasteiger partial charge in [-0.1, -0.05) is 30.3 Å². The number of amides is 1. The number of ether oxygens (including phenoxy) is 1. The van der Waals surface area contributed by atoms with Crippen LogP contribution < -0.4 is 5.63 Å². The van der Waals surface area contributed by atoms with E-state index in [9.17, 15) is 14.0 Å². The fraction of sp³-hybridized carbons (Fsp3) is 0.273. The van der Waals surface area contributed by atoms with Crippen molar-refractivity contribution in [2.75, 3.05) is 13.2 Å². The number of hydrogen-bond acceptors (Lipinski definition) is 4. The normalized spacial score (nSPS) is 16.4. The van der Waals surface area contributed by atoms with Crippen molar-refractivity contribution in [2.45, 2.75) is 25.5 Å². The van der Waals surface area contributed by atoms with Gasteiger partial charge in [-0.15, -0.1) is 0 Å². The average Bonchev–Trinajstić information content (AvgIpc) is 3.19. The van der Waals surface area contributed by atoms with Gasteiger partial charge in [-0.2, -0.15) is 0 Å². The van der Waals surface area contributed by atoms with E-state index in [1.54, 1.807) is 36.4 Å². The number of rotatable bonds is 5. The first kappa shape index (κ1) is 18.4. The van der Waals surface area contributed by atoms with Crippen molar-refractivity contribution in [1.82, 2.24) is 4.90 Å². The molecule has 0 unspecified atom stereocenters. The number of benzene rings is 2. The average molecular weight is 381 g/mol. The largest absolute Gasteiger partial charge is 0.422 e. The maximum atomic E-state index is 13.6. The molecule has 0 saturated carbocycles. The maximum absolute atomic E-state index is 13.6. The SMILES string of the molecule is O=C(c1cc2ccccc2oc1=O)N(Cc1cccc(F)c1)C[C@@H]1CCCO1. The van der Waals surface area contributed by atoms with Crippen molar-refractivity contribution >= 4 is 16.9 Å². The molecule has 3 aromatic rings. The zero-order chi connectivity index (χ0) is 19.5. The zero-order valence-corrected chi connectivity index (χ0v) is 15.3. The number of carbonyl (C=O) groups excluding carboxylic acids is 1. The minimum Gasteiger partial charge on any atom is -0.422 e. The van der Waals surface area contributed by atoms with Crippen LogP contribution in [0.2, 0.25) is 0 Å². The van der Waals surface area contributed by atoms with Crippen LogP contribution in [0.3, 0.4) is 0 Å². The third-order valence-electron chi connectivity index (χ3n) is 4.87. The van der Waals surface area contributed by atoms with E-state index in [-0.39, 0.29) is 24.0 Å². The Morgan fingerprint density at radius 2 is 2.00 bits per heavy atom. The lowest BCUT2D eigenvalue weighted by Gasteiger charge is -2.25. The van der Waals surface area contributed by atoms with Gasteiger partial charge in [-0.25, -0.2) is 9.18 Å². The number of nitrogens with zero attached hydrogens (tertiary/aromatic N) is 1. The summed E-state index contributed by atoms with van der Waals surface area (Å²) in [6.45, 7) is 1.18. The second kappa shape index (κ2) is 7.94. The highest BCUT2D eigenvalue weighted by molar-refractivity contribution is 5.96. The molecular formula is C22H20FNO4. The summed E-state index contributed by atoms with van der Waals surface area (Å²) in [6.07, 6.45) is 1.69. The van der Waals surface area contributed by atoms with E-state index in [0.29, 0.717) is 29.7 Å². The molecule has 4 rings (SSSR count). The third-order valence-corrected chi connectivity index (χ3v) is 4.87. The van der Waals surface area contributed by atoms with Crippen LogP contribution in [0.1, 0.15) is 28.8 Å². The molecule has 1 amide bonds. The fourth-order valence-corrected chi connectivity index (χ4v) is 3.49. The van der Waals surface area contributed by atoms with Crippen LogP contribution in [0.25, 0.3) is 11.0 Å². The second-order valence-electron chi connectivity index (χ2n) is 6.94. The number of hydrogen-bond donors (Lipinski definition) is 0. The van der Waals surface area contributed by atoms with Crippen LogP contribution in [-0.4, -0.2) is 30.1 Å². The molecule has 1 aromatic heterocycles. The van der Waals surface area contributed by atoms with Gasteiger partial charge < -0.3 is 14.1 Å². The summed E-state index contributed by atoms with van der Waals surface area (Å²) in [5, 5.41) is 0.674. The molecule has 2 aromatic carbocycles. The van der Waals surface area contributed by atoms with E-state index in [1.807, 2.05) is 6.07 Å². The molecule has 1 aliphatic heterocycles. The molecule has 1 fully saturated rings. The van der Waals surface area contributed by atoms with E-state index < -0.39 is 11.5 Å². The molecule has 0 spiro atoms. The highest BCUT2D eigenvalue weighted by atomic mass is 19.1. The molecule has 0 radical (unpaired) electrons. The Morgan fingerprint density at radius 3 is 2.79 bits per heavy atom. The van der Waals surface area contributed by atoms with Crippen LogP contribution in [0, 0.1) is 5.82 Å². The summed E-state index contributed by atoms with van der Waals surface area (Å²) in [4.78, 5) is 27.2. The Balaban J connectivity index is 1.67. The predicted molar refractivity (Wildman–Crippen MR) is 103 cm³/mol. The molecule has 6 heteroatoms. The molecule has 144 valence electrons. The number of para-hydroxylation sites is 1. The molecule has 1 aliphatic rings. The van der Waals surface area contributed by atoms with Crippen LogP contribution in [0.15, 0.2) is 63.8 Å². The quantitative estimate of drug-likeness (QED) is 0.632. The number of halogens is 1. The Bertz CT molecular complexity index is 1060. The van der Waals surface area contributed by atoms with E-state index in [2.05, 4.69) is 0 Å². The predicted octanol–water partition coefficient (Wildman–Crippen LogP) is 3.75. The summed E-state index contributed by atoms with van der Waals surface area (Å²) in [5.41, 5.74) is 0.366. The maximum Gasteiger partial charge on any atom is 0.349 e. The van der Waals surface area contributed by atoms with Crippen LogP contribution in [0.4, 0.5) is 4.39 Å². The first-order valence-electron chi connectivity index (χ1n) is 9.28. The lowest BCUT2D eigenvalue weighted by molar-refractivity contribution is 0.0504. The monoisotopic (exact) mass is 381 g/mol. The van der Waals surface area contributed by atoms with Gasteiger partial charge in [0, 0.05) is 25.1 Å². The second-order valence-corrected chi connectivity index (χ2v) is 6.94. The lowest BCUT2D eigenvalue weighted by atomic mass is 10.1. The molecule has 0 bridgehead atoms. The first-order chi connectivity index (χ1) is 13.6. The summed E-state index contributed by atoms with van der Waals surface area (Å²) in [6, 6.07) is 14.7. The van der Waals surface area contributed by atoms with Gasteiger partial charge in [0.05, 0.1) is 6.10 Å². The molecule has 5 nitrogen and oxygen atoms in total. The Labute approximate surface area is 161 Å². The van der Waals surface area contributed by atoms with E-state index >= 15 is 0 Å². The summed E-state index contributed by atoms with van der Waals surface area (Å²) >= 11 is 0. The van der Waals surface area contributed by atoms with Crippen molar-refractivity contribution in [1.29, 1.82) is 0 Å². The number of fused-ring (bicyclic) bond motifs is 1. The Hall–Kier alpha value is -2.99. The molecule has 0 aliphatic carbocycles. The van der Waals surface area contributed by atoms with Crippen molar-refractivity contribution in [3.63, 3.8) is 0 Å². The minimum atomic E-state index is -0.680. The number of carbonyl (C=O) groups is 1. The van der Waals surface area contributed by atoms with E-state index in [1.165, 1.54) is 17.0 Å². The lowest BCUT2D eigenvalue weighted by Crippen LogP contribution is -2.38. The van der Waals surface area contributed by atoms with Gasteiger partial charge in [0.25, 0.3) is 5.91 Å². The zero-order valence-electron chi connectivity index (χ0n) is 15.3. The molecule has 1 saturated heterocycles. The topological polar surface area (TPSA) is 59.8 Å². The van der Waals surface area contributed by atoms with Crippen LogP contribution in [0.5, 0.6) is 0 Å². The summed E-state index contributed by atoms with van der Waals surface area (Å²) in [7, 11) is 0. The standard InChI is InChI=1S/C22H20FNO4/c23-17-7-3-5-15(11-17)13-24(14-18-8-4-10-27-18)21(25)19-12-16-6-1-2-9-20(16)28-22(19)26/h1-3,5-7,9,11-12,18H,4,8,10,13-14H2/t18-/m0/s1. The van der Waals surface area contributed by atoms with Crippen molar-refractivity contribution < 1.29 is 18.3 Å². The van der Waals surface area contributed by atoms with Gasteiger partial charge in [0.15, 0.2) is 0 Å². The van der Waals surface area contributed by atoms with E-state index in [0.717, 1.165) is 12.8 Å². The van der Waals surface area contributed by atoms with Crippen molar-refractivity contribution in [3.05, 3.63) is 82.0 Å². The highest BCUT2D eigenvalue weighted by Crippen LogP contribution is 2.19. The highest BCUT2D eigenvalue weighted by Gasteiger charge is 2.26. The molecule has 1 atom stereocenters. The van der Waals surface area contributed by atoms with Gasteiger partial charge in [-0.3, -0.25) is 4.79 Å². The van der Waals surface area contributed by atoms with Gasteiger partial charge in [-0.05, 0) is 42.7 Å². The summed E-state index contributed by atoms with van der Waals surface area (Å²) in [5.74, 6) is -0.813. The Morgan fingerprint density at radius 1 is 1.14 bits per heavy atom. The smallest absolute Gasteiger partial charge is 0.349 e. The van der Waals surface area contributed by atoms with Crippen molar-refractivity contribution in [2.24, 2.45) is 0 Å². The molecular weight excluding hydrogens is 361 g/mol. The van der Waals surface area contributed by atoms with Gasteiger partial charge >= 0.3 is 5.63 Å². The fourth-order valence-electron chi connectivity index (χ4n) is 3.49. The van der Waals surface area contributed by atoms with Gasteiger partial charge in [0.1, 0.15) is 17.0 Å². The molecule has 2 heterocycles. The van der Waals surface area contributed by atoms with E-state index in [4.69, 9.17) is 9.15 Å². The third kappa shape index (κ3) is 3.97. The molecule has 0 N–H and O–H groups in total. The first-order valence-corrected chi connectivity index (χ1v) is 9.28.